The molecule has 0 saturated carbocycles. The van der Waals surface area contributed by atoms with E-state index in [0.717, 1.165) is 17.5 Å². The van der Waals surface area contributed by atoms with Crippen LogP contribution in [0.4, 0.5) is 0 Å². The quantitative estimate of drug-likeness (QED) is 0.880. The van der Waals surface area contributed by atoms with Crippen molar-refractivity contribution in [2.45, 2.75) is 18.8 Å². The highest BCUT2D eigenvalue weighted by molar-refractivity contribution is 5.97. The molecule has 3 rings (SSSR count). The highest BCUT2D eigenvalue weighted by Gasteiger charge is 2.34. The van der Waals surface area contributed by atoms with Crippen LogP contribution in [0.2, 0.25) is 0 Å². The van der Waals surface area contributed by atoms with Gasteiger partial charge in [0, 0.05) is 18.5 Å². The van der Waals surface area contributed by atoms with E-state index < -0.39 is 0 Å². The molecule has 0 aliphatic carbocycles. The van der Waals surface area contributed by atoms with Crippen molar-refractivity contribution in [3.63, 3.8) is 0 Å². The lowest BCUT2D eigenvalue weighted by atomic mass is 9.77. The van der Waals surface area contributed by atoms with Crippen molar-refractivity contribution < 1.29 is 9.59 Å². The second-order valence-electron chi connectivity index (χ2n) is 5.72. The number of nitrogens with one attached hydrogen (secondary N) is 1. The summed E-state index contributed by atoms with van der Waals surface area (Å²) in [6.07, 6.45) is 1.25. The van der Waals surface area contributed by atoms with Gasteiger partial charge >= 0.3 is 0 Å². The molecule has 0 bridgehead atoms. The summed E-state index contributed by atoms with van der Waals surface area (Å²) in [6, 6.07) is 19.1. The Balaban J connectivity index is 1.81. The van der Waals surface area contributed by atoms with Gasteiger partial charge in [0.2, 0.25) is 5.91 Å². The molecule has 0 radical (unpaired) electrons. The zero-order valence-electron chi connectivity index (χ0n) is 12.4. The monoisotopic (exact) mass is 293 g/mol. The molecule has 1 N–H and O–H groups in total. The molecule has 22 heavy (non-hydrogen) atoms. The summed E-state index contributed by atoms with van der Waals surface area (Å²) in [7, 11) is 0. The first-order chi connectivity index (χ1) is 10.8. The summed E-state index contributed by atoms with van der Waals surface area (Å²) in [4.78, 5) is 24.8. The number of amides is 1. The van der Waals surface area contributed by atoms with Gasteiger partial charge in [-0.15, -0.1) is 0 Å². The van der Waals surface area contributed by atoms with Crippen molar-refractivity contribution in [2.75, 3.05) is 6.54 Å². The molecule has 3 heteroatoms. The molecule has 1 amide bonds. The maximum atomic E-state index is 12.5. The molecule has 1 aliphatic rings. The number of hydrogen-bond donors (Lipinski definition) is 1. The van der Waals surface area contributed by atoms with Crippen molar-refractivity contribution in [1.29, 1.82) is 0 Å². The van der Waals surface area contributed by atoms with Gasteiger partial charge in [-0.25, -0.2) is 0 Å². The summed E-state index contributed by atoms with van der Waals surface area (Å²) in [5.74, 6) is -0.0315. The SMILES string of the molecule is O=C(CC1CCNC(=O)C1c1ccccc1)c1ccccc1. The topological polar surface area (TPSA) is 46.2 Å². The van der Waals surface area contributed by atoms with Gasteiger partial charge in [0.25, 0.3) is 0 Å². The number of carbonyl (C=O) groups is 2. The van der Waals surface area contributed by atoms with Crippen LogP contribution < -0.4 is 5.32 Å². The minimum absolute atomic E-state index is 0.0308. The second kappa shape index (κ2) is 6.56. The number of carbonyl (C=O) groups excluding carboxylic acids is 2. The van der Waals surface area contributed by atoms with Crippen molar-refractivity contribution in [3.8, 4) is 0 Å². The molecule has 2 unspecified atom stereocenters. The lowest BCUT2D eigenvalue weighted by Gasteiger charge is -2.31. The molecule has 1 saturated heterocycles. The first-order valence-electron chi connectivity index (χ1n) is 7.66. The fraction of sp³-hybridized carbons (Fsp3) is 0.263. The predicted octanol–water partition coefficient (Wildman–Crippen LogP) is 3.18. The number of benzene rings is 2. The Morgan fingerprint density at radius 3 is 2.32 bits per heavy atom. The van der Waals surface area contributed by atoms with E-state index in [4.69, 9.17) is 0 Å². The predicted molar refractivity (Wildman–Crippen MR) is 85.7 cm³/mol. The van der Waals surface area contributed by atoms with Gasteiger partial charge in [0.05, 0.1) is 5.92 Å². The van der Waals surface area contributed by atoms with E-state index in [1.165, 1.54) is 0 Å². The summed E-state index contributed by atoms with van der Waals surface area (Å²) in [6.45, 7) is 0.648. The van der Waals surface area contributed by atoms with Crippen LogP contribution in [0.1, 0.15) is 34.7 Å². The van der Waals surface area contributed by atoms with Gasteiger partial charge in [0.1, 0.15) is 0 Å². The van der Waals surface area contributed by atoms with Crippen LogP contribution in [-0.2, 0) is 4.79 Å². The Kier molecular flexibility index (Phi) is 4.33. The Morgan fingerprint density at radius 2 is 1.64 bits per heavy atom. The Hall–Kier alpha value is -2.42. The van der Waals surface area contributed by atoms with Crippen LogP contribution in [-0.4, -0.2) is 18.2 Å². The normalized spacial score (nSPS) is 21.2. The van der Waals surface area contributed by atoms with Crippen molar-refractivity contribution in [2.24, 2.45) is 5.92 Å². The summed E-state index contributed by atoms with van der Waals surface area (Å²) >= 11 is 0. The van der Waals surface area contributed by atoms with Crippen molar-refractivity contribution in [1.82, 2.24) is 5.32 Å². The van der Waals surface area contributed by atoms with Crippen molar-refractivity contribution in [3.05, 3.63) is 71.8 Å². The molecule has 0 spiro atoms. The number of ketones is 1. The van der Waals surface area contributed by atoms with Crippen LogP contribution in [0.5, 0.6) is 0 Å². The molecule has 1 aliphatic heterocycles. The Labute approximate surface area is 130 Å². The first kappa shape index (κ1) is 14.5. The fourth-order valence-corrected chi connectivity index (χ4v) is 3.16. The third-order valence-corrected chi connectivity index (χ3v) is 4.27. The van der Waals surface area contributed by atoms with Gasteiger partial charge < -0.3 is 5.32 Å². The third-order valence-electron chi connectivity index (χ3n) is 4.27. The third kappa shape index (κ3) is 3.08. The Morgan fingerprint density at radius 1 is 1.00 bits per heavy atom. The molecule has 2 aromatic carbocycles. The number of piperidine rings is 1. The molecule has 2 aromatic rings. The van der Waals surface area contributed by atoms with E-state index in [9.17, 15) is 9.59 Å². The molecule has 1 fully saturated rings. The Bertz CT molecular complexity index is 652. The smallest absolute Gasteiger partial charge is 0.227 e. The largest absolute Gasteiger partial charge is 0.356 e. The summed E-state index contributed by atoms with van der Waals surface area (Å²) in [5, 5.41) is 2.92. The van der Waals surface area contributed by atoms with E-state index in [1.807, 2.05) is 60.7 Å². The van der Waals surface area contributed by atoms with Crippen LogP contribution in [0, 0.1) is 5.92 Å². The molecular formula is C19H19NO2. The van der Waals surface area contributed by atoms with Crippen LogP contribution in [0.3, 0.4) is 0 Å². The number of rotatable bonds is 4. The average molecular weight is 293 g/mol. The molecule has 3 nitrogen and oxygen atoms in total. The van der Waals surface area contributed by atoms with E-state index in [0.29, 0.717) is 13.0 Å². The molecule has 0 aromatic heterocycles. The maximum absolute atomic E-state index is 12.5. The average Bonchev–Trinajstić information content (AvgIpc) is 2.56. The van der Waals surface area contributed by atoms with Gasteiger partial charge in [-0.3, -0.25) is 9.59 Å². The van der Waals surface area contributed by atoms with E-state index >= 15 is 0 Å². The lowest BCUT2D eigenvalue weighted by Crippen LogP contribution is -2.41. The molecular weight excluding hydrogens is 274 g/mol. The summed E-state index contributed by atoms with van der Waals surface area (Å²) < 4.78 is 0. The van der Waals surface area contributed by atoms with Crippen LogP contribution >= 0.6 is 0 Å². The standard InChI is InChI=1S/C19H19NO2/c21-17(14-7-3-1-4-8-14)13-16-11-12-20-19(22)18(16)15-9-5-2-6-10-15/h1-10,16,18H,11-13H2,(H,20,22). The zero-order chi connectivity index (χ0) is 15.4. The lowest BCUT2D eigenvalue weighted by molar-refractivity contribution is -0.125. The van der Waals surface area contributed by atoms with E-state index in [-0.39, 0.29) is 23.5 Å². The highest BCUT2D eigenvalue weighted by atomic mass is 16.2. The molecule has 1 heterocycles. The maximum Gasteiger partial charge on any atom is 0.227 e. The van der Waals surface area contributed by atoms with Gasteiger partial charge in [-0.1, -0.05) is 60.7 Å². The van der Waals surface area contributed by atoms with Gasteiger partial charge in [-0.2, -0.15) is 0 Å². The second-order valence-corrected chi connectivity index (χ2v) is 5.72. The minimum atomic E-state index is -0.234. The van der Waals surface area contributed by atoms with E-state index in [2.05, 4.69) is 5.32 Å². The highest BCUT2D eigenvalue weighted by Crippen LogP contribution is 2.33. The fourth-order valence-electron chi connectivity index (χ4n) is 3.16. The van der Waals surface area contributed by atoms with E-state index in [1.54, 1.807) is 0 Å². The van der Waals surface area contributed by atoms with Gasteiger partial charge in [0.15, 0.2) is 5.78 Å². The van der Waals surface area contributed by atoms with Crippen molar-refractivity contribution >= 4 is 11.7 Å². The first-order valence-corrected chi connectivity index (χ1v) is 7.66. The van der Waals surface area contributed by atoms with Gasteiger partial charge in [-0.05, 0) is 17.9 Å². The molecule has 112 valence electrons. The molecule has 2 atom stereocenters. The van der Waals surface area contributed by atoms with Crippen LogP contribution in [0.25, 0.3) is 0 Å². The zero-order valence-corrected chi connectivity index (χ0v) is 12.4. The number of Topliss-reactive ketones (excluding diaryl/α,β-unsaturated/α-hetero) is 1. The number of hydrogen-bond acceptors (Lipinski definition) is 2. The minimum Gasteiger partial charge on any atom is -0.356 e. The summed E-state index contributed by atoms with van der Waals surface area (Å²) in [5.41, 5.74) is 1.71. The van der Waals surface area contributed by atoms with Crippen LogP contribution in [0.15, 0.2) is 60.7 Å².